The fourth-order valence-electron chi connectivity index (χ4n) is 2.72. The van der Waals surface area contributed by atoms with Crippen LogP contribution in [0, 0.1) is 13.8 Å². The smallest absolute Gasteiger partial charge is 0.254 e. The quantitative estimate of drug-likeness (QED) is 0.802. The van der Waals surface area contributed by atoms with E-state index < -0.39 is 6.04 Å². The summed E-state index contributed by atoms with van der Waals surface area (Å²) >= 11 is 0. The third-order valence-corrected chi connectivity index (χ3v) is 4.69. The van der Waals surface area contributed by atoms with Crippen LogP contribution in [-0.4, -0.2) is 36.5 Å². The Balaban J connectivity index is 1.79. The zero-order valence-electron chi connectivity index (χ0n) is 14.8. The predicted molar refractivity (Wildman–Crippen MR) is 94.4 cm³/mol. The summed E-state index contributed by atoms with van der Waals surface area (Å²) in [6.45, 7) is 5.87. The molecule has 1 amide bonds. The first-order valence-electron chi connectivity index (χ1n) is 8.16. The first kappa shape index (κ1) is 17.0. The maximum atomic E-state index is 12.7. The number of Topliss-reactive ketones (excluding diaryl/α,β-unsaturated/α-hetero) is 1. The molecule has 1 atom stereocenters. The molecule has 0 N–H and O–H groups in total. The van der Waals surface area contributed by atoms with Crippen molar-refractivity contribution in [1.82, 2.24) is 4.90 Å². The SMILES string of the molecule is Cc1ccc(C(=O)C(C)N(C)C(=O)c2ccc3c(c2)OCO3)cc1C. The first-order valence-corrected chi connectivity index (χ1v) is 8.16. The molecule has 0 fully saturated rings. The van der Waals surface area contributed by atoms with Gasteiger partial charge >= 0.3 is 0 Å². The number of aryl methyl sites for hydroxylation is 2. The van der Waals surface area contributed by atoms with Gasteiger partial charge in [0.15, 0.2) is 17.3 Å². The van der Waals surface area contributed by atoms with Crippen LogP contribution < -0.4 is 9.47 Å². The summed E-state index contributed by atoms with van der Waals surface area (Å²) < 4.78 is 10.6. The van der Waals surface area contributed by atoms with Gasteiger partial charge in [0.25, 0.3) is 5.91 Å². The minimum Gasteiger partial charge on any atom is -0.454 e. The monoisotopic (exact) mass is 339 g/mol. The first-order chi connectivity index (χ1) is 11.9. The maximum Gasteiger partial charge on any atom is 0.254 e. The predicted octanol–water partition coefficient (Wildman–Crippen LogP) is 3.38. The van der Waals surface area contributed by atoms with Crippen molar-refractivity contribution in [3.05, 3.63) is 58.7 Å². The van der Waals surface area contributed by atoms with E-state index in [1.165, 1.54) is 4.90 Å². The molecule has 2 aromatic rings. The van der Waals surface area contributed by atoms with Gasteiger partial charge in [0.1, 0.15) is 0 Å². The van der Waals surface area contributed by atoms with E-state index in [1.807, 2.05) is 26.0 Å². The highest BCUT2D eigenvalue weighted by atomic mass is 16.7. The molecule has 1 aliphatic heterocycles. The Hall–Kier alpha value is -2.82. The molecule has 5 heteroatoms. The Morgan fingerprint density at radius 1 is 0.960 bits per heavy atom. The molecule has 0 saturated carbocycles. The van der Waals surface area contributed by atoms with Gasteiger partial charge < -0.3 is 14.4 Å². The van der Waals surface area contributed by atoms with Crippen molar-refractivity contribution in [3.8, 4) is 11.5 Å². The van der Waals surface area contributed by atoms with Crippen LogP contribution in [0.5, 0.6) is 11.5 Å². The van der Waals surface area contributed by atoms with Gasteiger partial charge in [0.05, 0.1) is 6.04 Å². The molecule has 3 rings (SSSR count). The van der Waals surface area contributed by atoms with E-state index in [1.54, 1.807) is 38.2 Å². The Labute approximate surface area is 147 Å². The van der Waals surface area contributed by atoms with Crippen molar-refractivity contribution < 1.29 is 19.1 Å². The van der Waals surface area contributed by atoms with Crippen LogP contribution >= 0.6 is 0 Å². The summed E-state index contributed by atoms with van der Waals surface area (Å²) in [6.07, 6.45) is 0. The van der Waals surface area contributed by atoms with Crippen molar-refractivity contribution in [3.63, 3.8) is 0 Å². The number of nitrogens with zero attached hydrogens (tertiary/aromatic N) is 1. The number of hydrogen-bond donors (Lipinski definition) is 0. The van der Waals surface area contributed by atoms with Gasteiger partial charge in [-0.3, -0.25) is 9.59 Å². The summed E-state index contributed by atoms with van der Waals surface area (Å²) in [7, 11) is 1.64. The van der Waals surface area contributed by atoms with E-state index >= 15 is 0 Å². The van der Waals surface area contributed by atoms with Crippen LogP contribution in [0.3, 0.4) is 0 Å². The number of hydrogen-bond acceptors (Lipinski definition) is 4. The van der Waals surface area contributed by atoms with Crippen molar-refractivity contribution >= 4 is 11.7 Å². The molecule has 25 heavy (non-hydrogen) atoms. The molecular weight excluding hydrogens is 318 g/mol. The summed E-state index contributed by atoms with van der Waals surface area (Å²) in [5.41, 5.74) is 3.27. The lowest BCUT2D eigenvalue weighted by Crippen LogP contribution is -2.40. The molecule has 0 saturated heterocycles. The van der Waals surface area contributed by atoms with Crippen molar-refractivity contribution in [2.24, 2.45) is 0 Å². The second-order valence-corrected chi connectivity index (χ2v) is 6.32. The number of amides is 1. The second kappa shape index (κ2) is 6.59. The highest BCUT2D eigenvalue weighted by Crippen LogP contribution is 2.32. The summed E-state index contributed by atoms with van der Waals surface area (Å²) in [5.74, 6) is 0.855. The van der Waals surface area contributed by atoms with E-state index in [-0.39, 0.29) is 18.5 Å². The van der Waals surface area contributed by atoms with Crippen LogP contribution in [0.25, 0.3) is 0 Å². The number of carbonyl (C=O) groups excluding carboxylic acids is 2. The Morgan fingerprint density at radius 2 is 1.64 bits per heavy atom. The van der Waals surface area contributed by atoms with Crippen molar-refractivity contribution in [2.45, 2.75) is 26.8 Å². The lowest BCUT2D eigenvalue weighted by Gasteiger charge is -2.24. The molecule has 0 radical (unpaired) electrons. The van der Waals surface area contributed by atoms with E-state index in [0.717, 1.165) is 11.1 Å². The van der Waals surface area contributed by atoms with E-state index in [9.17, 15) is 9.59 Å². The molecule has 0 aliphatic carbocycles. The van der Waals surface area contributed by atoms with E-state index in [0.29, 0.717) is 22.6 Å². The van der Waals surface area contributed by atoms with E-state index in [2.05, 4.69) is 0 Å². The number of fused-ring (bicyclic) bond motifs is 1. The summed E-state index contributed by atoms with van der Waals surface area (Å²) in [6, 6.07) is 10.1. The number of carbonyl (C=O) groups is 2. The highest BCUT2D eigenvalue weighted by molar-refractivity contribution is 6.04. The normalized spacial score (nSPS) is 13.4. The molecule has 5 nitrogen and oxygen atoms in total. The molecule has 0 aromatic heterocycles. The number of likely N-dealkylation sites (N-methyl/N-ethyl adjacent to an activating group) is 1. The number of ether oxygens (including phenoxy) is 2. The van der Waals surface area contributed by atoms with Crippen molar-refractivity contribution in [2.75, 3.05) is 13.8 Å². The Morgan fingerprint density at radius 3 is 2.36 bits per heavy atom. The Kier molecular flexibility index (Phi) is 4.49. The number of ketones is 1. The fraction of sp³-hybridized carbons (Fsp3) is 0.300. The third kappa shape index (κ3) is 3.22. The van der Waals surface area contributed by atoms with Gasteiger partial charge in [0, 0.05) is 18.2 Å². The van der Waals surface area contributed by atoms with Crippen LogP contribution in [-0.2, 0) is 0 Å². The lowest BCUT2D eigenvalue weighted by atomic mass is 9.99. The zero-order chi connectivity index (χ0) is 18.1. The average Bonchev–Trinajstić information content (AvgIpc) is 3.09. The van der Waals surface area contributed by atoms with Crippen LogP contribution in [0.2, 0.25) is 0 Å². The summed E-state index contributed by atoms with van der Waals surface area (Å²) in [5, 5.41) is 0. The van der Waals surface area contributed by atoms with Crippen LogP contribution in [0.15, 0.2) is 36.4 Å². The fourth-order valence-corrected chi connectivity index (χ4v) is 2.72. The van der Waals surface area contributed by atoms with E-state index in [4.69, 9.17) is 9.47 Å². The highest BCUT2D eigenvalue weighted by Gasteiger charge is 2.26. The van der Waals surface area contributed by atoms with Gasteiger partial charge in [-0.15, -0.1) is 0 Å². The number of benzene rings is 2. The summed E-state index contributed by atoms with van der Waals surface area (Å²) in [4.78, 5) is 26.9. The minimum atomic E-state index is -0.569. The molecular formula is C20H21NO4. The molecule has 0 spiro atoms. The van der Waals surface area contributed by atoms with Crippen LogP contribution in [0.4, 0.5) is 0 Å². The maximum absolute atomic E-state index is 12.7. The minimum absolute atomic E-state index is 0.0836. The number of rotatable bonds is 4. The molecule has 0 bridgehead atoms. The average molecular weight is 339 g/mol. The van der Waals surface area contributed by atoms with Gasteiger partial charge in [0.2, 0.25) is 6.79 Å². The van der Waals surface area contributed by atoms with Crippen LogP contribution in [0.1, 0.15) is 38.8 Å². The standard InChI is InChI=1S/C20H21NO4/c1-12-5-6-15(9-13(12)2)19(22)14(3)21(4)20(23)16-7-8-17-18(10-16)25-11-24-17/h5-10,14H,11H2,1-4H3. The zero-order valence-corrected chi connectivity index (χ0v) is 14.8. The Bertz CT molecular complexity index is 844. The lowest BCUT2D eigenvalue weighted by molar-refractivity contribution is 0.0674. The molecule has 130 valence electrons. The second-order valence-electron chi connectivity index (χ2n) is 6.32. The topological polar surface area (TPSA) is 55.8 Å². The molecule has 1 heterocycles. The van der Waals surface area contributed by atoms with Gasteiger partial charge in [-0.2, -0.15) is 0 Å². The van der Waals surface area contributed by atoms with Gasteiger partial charge in [-0.1, -0.05) is 12.1 Å². The van der Waals surface area contributed by atoms with Crippen molar-refractivity contribution in [1.29, 1.82) is 0 Å². The molecule has 2 aromatic carbocycles. The molecule has 1 aliphatic rings. The van der Waals surface area contributed by atoms with Gasteiger partial charge in [-0.25, -0.2) is 0 Å². The largest absolute Gasteiger partial charge is 0.454 e. The molecule has 1 unspecified atom stereocenters. The third-order valence-electron chi connectivity index (χ3n) is 4.69. The van der Waals surface area contributed by atoms with Gasteiger partial charge in [-0.05, 0) is 56.2 Å².